The predicted molar refractivity (Wildman–Crippen MR) is 60.7 cm³/mol. The molecule has 0 heterocycles. The normalized spacial score (nSPS) is 16.9. The summed E-state index contributed by atoms with van der Waals surface area (Å²) in [6.07, 6.45) is 4.59. The van der Waals surface area contributed by atoms with Crippen LogP contribution in [0.25, 0.3) is 0 Å². The topological polar surface area (TPSA) is 55.4 Å². The lowest BCUT2D eigenvalue weighted by molar-refractivity contribution is 0.126. The van der Waals surface area contributed by atoms with Crippen LogP contribution in [0.15, 0.2) is 0 Å². The van der Waals surface area contributed by atoms with E-state index in [0.29, 0.717) is 6.42 Å². The maximum atomic E-state index is 10.8. The van der Waals surface area contributed by atoms with Gasteiger partial charge in [0.05, 0.1) is 12.4 Å². The molecule has 0 saturated heterocycles. The first-order chi connectivity index (χ1) is 7.08. The van der Waals surface area contributed by atoms with Crippen LogP contribution in [0, 0.1) is 5.92 Å². The maximum Gasteiger partial charge on any atom is 0.147 e. The fourth-order valence-corrected chi connectivity index (χ4v) is 1.93. The third-order valence-corrected chi connectivity index (χ3v) is 3.37. The molecule has 90 valence electrons. The minimum atomic E-state index is -2.80. The quantitative estimate of drug-likeness (QED) is 0.589. The number of nitrogens with one attached hydrogen (secondary N) is 1. The van der Waals surface area contributed by atoms with Crippen molar-refractivity contribution < 1.29 is 13.2 Å². The van der Waals surface area contributed by atoms with Crippen molar-refractivity contribution in [2.24, 2.45) is 5.92 Å². The second-order valence-electron chi connectivity index (χ2n) is 4.25. The van der Waals surface area contributed by atoms with Crippen LogP contribution in [-0.4, -0.2) is 46.7 Å². The van der Waals surface area contributed by atoms with Crippen LogP contribution in [-0.2, 0) is 14.6 Å². The highest BCUT2D eigenvalue weighted by molar-refractivity contribution is 7.90. The van der Waals surface area contributed by atoms with Gasteiger partial charge in [-0.2, -0.15) is 0 Å². The molecule has 0 radical (unpaired) electrons. The van der Waals surface area contributed by atoms with Crippen LogP contribution in [0.5, 0.6) is 0 Å². The van der Waals surface area contributed by atoms with Crippen molar-refractivity contribution in [2.45, 2.75) is 19.3 Å². The van der Waals surface area contributed by atoms with E-state index < -0.39 is 9.84 Å². The summed E-state index contributed by atoms with van der Waals surface area (Å²) < 4.78 is 27.0. The van der Waals surface area contributed by atoms with Crippen LogP contribution in [0.3, 0.4) is 0 Å². The minimum absolute atomic E-state index is 0.267. The summed E-state index contributed by atoms with van der Waals surface area (Å²) in [5.74, 6) is 1.08. The monoisotopic (exact) mass is 235 g/mol. The molecule has 0 spiro atoms. The van der Waals surface area contributed by atoms with Crippen molar-refractivity contribution in [1.82, 2.24) is 5.32 Å². The fraction of sp³-hybridized carbons (Fsp3) is 1.00. The first-order valence-electron chi connectivity index (χ1n) is 5.54. The average molecular weight is 235 g/mol. The van der Waals surface area contributed by atoms with Gasteiger partial charge in [-0.05, 0) is 31.7 Å². The molecular formula is C10H21NO3S. The zero-order valence-corrected chi connectivity index (χ0v) is 10.2. The summed E-state index contributed by atoms with van der Waals surface area (Å²) in [6.45, 7) is 3.19. The first kappa shape index (κ1) is 12.9. The number of ether oxygens (including phenoxy) is 1. The third kappa shape index (κ3) is 8.84. The third-order valence-electron chi connectivity index (χ3n) is 2.34. The van der Waals surface area contributed by atoms with Gasteiger partial charge in [-0.15, -0.1) is 0 Å². The summed E-state index contributed by atoms with van der Waals surface area (Å²) in [7, 11) is -2.80. The van der Waals surface area contributed by atoms with Crippen LogP contribution in [0.4, 0.5) is 0 Å². The van der Waals surface area contributed by atoms with E-state index >= 15 is 0 Å². The predicted octanol–water partition coefficient (Wildman–Crippen LogP) is 0.437. The van der Waals surface area contributed by atoms with Gasteiger partial charge in [0, 0.05) is 19.4 Å². The molecule has 0 bridgehead atoms. The molecule has 1 saturated carbocycles. The molecule has 0 aromatic heterocycles. The summed E-state index contributed by atoms with van der Waals surface area (Å²) in [5, 5.41) is 3.16. The molecule has 1 aliphatic rings. The Labute approximate surface area is 92.3 Å². The smallest absolute Gasteiger partial charge is 0.147 e. The van der Waals surface area contributed by atoms with Gasteiger partial charge in [-0.3, -0.25) is 0 Å². The van der Waals surface area contributed by atoms with Gasteiger partial charge in [0.15, 0.2) is 0 Å². The van der Waals surface area contributed by atoms with Crippen LogP contribution in [0.1, 0.15) is 19.3 Å². The number of hydrogen-bond donors (Lipinski definition) is 1. The summed E-state index contributed by atoms with van der Waals surface area (Å²) in [5.41, 5.74) is 0. The summed E-state index contributed by atoms with van der Waals surface area (Å²) in [4.78, 5) is 0. The lowest BCUT2D eigenvalue weighted by atomic mass is 10.4. The van der Waals surface area contributed by atoms with Crippen molar-refractivity contribution in [3.8, 4) is 0 Å². The molecule has 1 aliphatic carbocycles. The van der Waals surface area contributed by atoms with E-state index in [9.17, 15) is 8.42 Å². The van der Waals surface area contributed by atoms with E-state index in [1.807, 2.05) is 0 Å². The molecule has 0 aromatic carbocycles. The largest absolute Gasteiger partial charge is 0.380 e. The lowest BCUT2D eigenvalue weighted by Crippen LogP contribution is -2.23. The Bertz CT molecular complexity index is 260. The van der Waals surface area contributed by atoms with Crippen molar-refractivity contribution >= 4 is 9.84 Å². The lowest BCUT2D eigenvalue weighted by Gasteiger charge is -2.05. The Morgan fingerprint density at radius 1 is 1.33 bits per heavy atom. The SMILES string of the molecule is CS(=O)(=O)CCCNCCOCC1CC1. The maximum absolute atomic E-state index is 10.8. The standard InChI is InChI=1S/C10H21NO3S/c1-15(12,13)8-2-5-11-6-7-14-9-10-3-4-10/h10-11H,2-9H2,1H3. The molecule has 0 unspecified atom stereocenters. The van der Waals surface area contributed by atoms with E-state index in [1.165, 1.54) is 19.1 Å². The van der Waals surface area contributed by atoms with Crippen LogP contribution < -0.4 is 5.32 Å². The fourth-order valence-electron chi connectivity index (χ4n) is 1.26. The van der Waals surface area contributed by atoms with E-state index in [0.717, 1.165) is 32.2 Å². The molecule has 5 heteroatoms. The highest BCUT2D eigenvalue weighted by Crippen LogP contribution is 2.28. The number of sulfone groups is 1. The highest BCUT2D eigenvalue weighted by Gasteiger charge is 2.20. The molecule has 4 nitrogen and oxygen atoms in total. The molecule has 0 aliphatic heterocycles. The van der Waals surface area contributed by atoms with E-state index in [4.69, 9.17) is 4.74 Å². The molecular weight excluding hydrogens is 214 g/mol. The molecule has 15 heavy (non-hydrogen) atoms. The zero-order chi connectivity index (χ0) is 11.1. The Kier molecular flexibility index (Phi) is 5.56. The van der Waals surface area contributed by atoms with Crippen molar-refractivity contribution in [3.63, 3.8) is 0 Å². The van der Waals surface area contributed by atoms with Gasteiger partial charge >= 0.3 is 0 Å². The van der Waals surface area contributed by atoms with Crippen molar-refractivity contribution in [2.75, 3.05) is 38.3 Å². The summed E-state index contributed by atoms with van der Waals surface area (Å²) in [6, 6.07) is 0. The van der Waals surface area contributed by atoms with Crippen molar-refractivity contribution in [1.29, 1.82) is 0 Å². The number of hydrogen-bond acceptors (Lipinski definition) is 4. The molecule has 0 amide bonds. The van der Waals surface area contributed by atoms with Gasteiger partial charge < -0.3 is 10.1 Å². The van der Waals surface area contributed by atoms with Gasteiger partial charge in [-0.1, -0.05) is 0 Å². The Hall–Kier alpha value is -0.130. The molecule has 1 fully saturated rings. The van der Waals surface area contributed by atoms with Gasteiger partial charge in [-0.25, -0.2) is 8.42 Å². The second kappa shape index (κ2) is 6.45. The van der Waals surface area contributed by atoms with Crippen LogP contribution in [0.2, 0.25) is 0 Å². The van der Waals surface area contributed by atoms with Crippen LogP contribution >= 0.6 is 0 Å². The van der Waals surface area contributed by atoms with Gasteiger partial charge in [0.25, 0.3) is 0 Å². The van der Waals surface area contributed by atoms with Gasteiger partial charge in [0.2, 0.25) is 0 Å². The van der Waals surface area contributed by atoms with Crippen molar-refractivity contribution in [3.05, 3.63) is 0 Å². The molecule has 0 atom stereocenters. The van der Waals surface area contributed by atoms with E-state index in [1.54, 1.807) is 0 Å². The number of rotatable bonds is 9. The van der Waals surface area contributed by atoms with E-state index in [-0.39, 0.29) is 5.75 Å². The van der Waals surface area contributed by atoms with Gasteiger partial charge in [0.1, 0.15) is 9.84 Å². The highest BCUT2D eigenvalue weighted by atomic mass is 32.2. The zero-order valence-electron chi connectivity index (χ0n) is 9.37. The molecule has 1 N–H and O–H groups in total. The minimum Gasteiger partial charge on any atom is -0.380 e. The second-order valence-corrected chi connectivity index (χ2v) is 6.51. The average Bonchev–Trinajstić information content (AvgIpc) is 2.91. The molecule has 0 aromatic rings. The Balaban J connectivity index is 1.76. The Morgan fingerprint density at radius 2 is 2.07 bits per heavy atom. The summed E-state index contributed by atoms with van der Waals surface area (Å²) >= 11 is 0. The first-order valence-corrected chi connectivity index (χ1v) is 7.60. The van der Waals surface area contributed by atoms with E-state index in [2.05, 4.69) is 5.32 Å². The Morgan fingerprint density at radius 3 is 2.67 bits per heavy atom. The molecule has 1 rings (SSSR count).